The van der Waals surface area contributed by atoms with Gasteiger partial charge >= 0.3 is 5.69 Å². The van der Waals surface area contributed by atoms with E-state index < -0.39 is 9.85 Å². The standard InChI is InChI=1S/C9H8N2O5/c12-10(13)6-1-4-8(11(14)15)9(5-6)16-7-2-3-7/h1,4-5,7H,2-3H2. The molecule has 0 atom stereocenters. The van der Waals surface area contributed by atoms with E-state index in [0.29, 0.717) is 0 Å². The molecule has 0 spiro atoms. The Morgan fingerprint density at radius 1 is 1.19 bits per heavy atom. The van der Waals surface area contributed by atoms with E-state index in [2.05, 4.69) is 0 Å². The van der Waals surface area contributed by atoms with E-state index in [1.165, 1.54) is 0 Å². The SMILES string of the molecule is O=[N+]([O-])c1ccc([N+](=O)[O-])c(OC2CC2)c1. The molecule has 1 aliphatic carbocycles. The average molecular weight is 224 g/mol. The molecule has 0 unspecified atom stereocenters. The van der Waals surface area contributed by atoms with Crippen molar-refractivity contribution in [2.45, 2.75) is 18.9 Å². The van der Waals surface area contributed by atoms with E-state index in [0.717, 1.165) is 31.0 Å². The fourth-order valence-electron chi connectivity index (χ4n) is 1.23. The van der Waals surface area contributed by atoms with E-state index in [-0.39, 0.29) is 23.2 Å². The lowest BCUT2D eigenvalue weighted by Crippen LogP contribution is -2.01. The Hall–Kier alpha value is -2.18. The number of non-ortho nitro benzene ring substituents is 1. The van der Waals surface area contributed by atoms with Crippen molar-refractivity contribution in [1.29, 1.82) is 0 Å². The van der Waals surface area contributed by atoms with Crippen molar-refractivity contribution in [1.82, 2.24) is 0 Å². The lowest BCUT2D eigenvalue weighted by Gasteiger charge is -2.04. The number of ether oxygens (including phenoxy) is 1. The fourth-order valence-corrected chi connectivity index (χ4v) is 1.23. The summed E-state index contributed by atoms with van der Waals surface area (Å²) in [6.07, 6.45) is 1.63. The number of hydrogen-bond donors (Lipinski definition) is 0. The fraction of sp³-hybridized carbons (Fsp3) is 0.333. The summed E-state index contributed by atoms with van der Waals surface area (Å²) in [5.74, 6) is -0.0262. The van der Waals surface area contributed by atoms with Crippen LogP contribution in [-0.2, 0) is 0 Å². The number of nitro benzene ring substituents is 2. The van der Waals surface area contributed by atoms with Crippen molar-refractivity contribution in [2.24, 2.45) is 0 Å². The Kier molecular flexibility index (Phi) is 2.43. The second kappa shape index (κ2) is 3.76. The third-order valence-electron chi connectivity index (χ3n) is 2.17. The van der Waals surface area contributed by atoms with Crippen LogP contribution in [0.3, 0.4) is 0 Å². The Morgan fingerprint density at radius 3 is 2.38 bits per heavy atom. The molecule has 0 radical (unpaired) electrons. The maximum Gasteiger partial charge on any atom is 0.311 e. The van der Waals surface area contributed by atoms with E-state index in [1.807, 2.05) is 0 Å². The maximum atomic E-state index is 10.7. The number of nitrogens with zero attached hydrogens (tertiary/aromatic N) is 2. The van der Waals surface area contributed by atoms with Gasteiger partial charge in [0.2, 0.25) is 5.75 Å². The second-order valence-electron chi connectivity index (χ2n) is 3.48. The minimum Gasteiger partial charge on any atom is -0.483 e. The molecule has 1 aromatic carbocycles. The van der Waals surface area contributed by atoms with Crippen LogP contribution in [0, 0.1) is 20.2 Å². The molecular weight excluding hydrogens is 216 g/mol. The average Bonchev–Trinajstić information content (AvgIpc) is 3.01. The van der Waals surface area contributed by atoms with E-state index in [4.69, 9.17) is 4.74 Å². The van der Waals surface area contributed by atoms with Crippen molar-refractivity contribution >= 4 is 11.4 Å². The topological polar surface area (TPSA) is 95.5 Å². The summed E-state index contributed by atoms with van der Waals surface area (Å²) in [6, 6.07) is 3.28. The van der Waals surface area contributed by atoms with Gasteiger partial charge in [0.1, 0.15) is 0 Å². The van der Waals surface area contributed by atoms with Crippen LogP contribution in [0.5, 0.6) is 5.75 Å². The van der Waals surface area contributed by atoms with Crippen LogP contribution in [0.1, 0.15) is 12.8 Å². The molecule has 0 N–H and O–H groups in total. The molecule has 1 fully saturated rings. The number of benzene rings is 1. The number of hydrogen-bond acceptors (Lipinski definition) is 5. The van der Waals surface area contributed by atoms with E-state index >= 15 is 0 Å². The van der Waals surface area contributed by atoms with Gasteiger partial charge in [-0.2, -0.15) is 0 Å². The summed E-state index contributed by atoms with van der Waals surface area (Å²) >= 11 is 0. The molecular formula is C9H8N2O5. The molecule has 0 aliphatic heterocycles. The first-order valence-electron chi connectivity index (χ1n) is 4.67. The van der Waals surface area contributed by atoms with Crippen molar-refractivity contribution in [3.8, 4) is 5.75 Å². The zero-order valence-electron chi connectivity index (χ0n) is 8.16. The molecule has 16 heavy (non-hydrogen) atoms. The molecule has 0 bridgehead atoms. The minimum atomic E-state index is -0.610. The first-order chi connectivity index (χ1) is 7.58. The Bertz CT molecular complexity index is 455. The molecule has 0 aromatic heterocycles. The highest BCUT2D eigenvalue weighted by molar-refractivity contribution is 5.53. The van der Waals surface area contributed by atoms with Crippen LogP contribution in [0.25, 0.3) is 0 Å². The highest BCUT2D eigenvalue weighted by Crippen LogP contribution is 2.35. The first-order valence-corrected chi connectivity index (χ1v) is 4.67. The summed E-state index contributed by atoms with van der Waals surface area (Å²) in [5.41, 5.74) is -0.446. The Morgan fingerprint density at radius 2 is 1.88 bits per heavy atom. The van der Waals surface area contributed by atoms with Gasteiger partial charge in [0, 0.05) is 12.1 Å². The van der Waals surface area contributed by atoms with Gasteiger partial charge < -0.3 is 4.74 Å². The predicted molar refractivity (Wildman–Crippen MR) is 53.4 cm³/mol. The van der Waals surface area contributed by atoms with Crippen LogP contribution in [0.15, 0.2) is 18.2 Å². The molecule has 0 saturated heterocycles. The van der Waals surface area contributed by atoms with Gasteiger partial charge in [0.15, 0.2) is 0 Å². The third-order valence-corrected chi connectivity index (χ3v) is 2.17. The molecule has 1 aromatic rings. The van der Waals surface area contributed by atoms with Crippen molar-refractivity contribution in [3.05, 3.63) is 38.4 Å². The lowest BCUT2D eigenvalue weighted by molar-refractivity contribution is -0.390. The smallest absolute Gasteiger partial charge is 0.311 e. The van der Waals surface area contributed by atoms with Gasteiger partial charge in [0.25, 0.3) is 5.69 Å². The van der Waals surface area contributed by atoms with E-state index in [9.17, 15) is 20.2 Å². The molecule has 0 amide bonds. The van der Waals surface area contributed by atoms with Gasteiger partial charge in [-0.25, -0.2) is 0 Å². The summed E-state index contributed by atoms with van der Waals surface area (Å²) in [7, 11) is 0. The molecule has 7 heteroatoms. The van der Waals surface area contributed by atoms with Crippen LogP contribution >= 0.6 is 0 Å². The summed E-state index contributed by atoms with van der Waals surface area (Å²) in [6.45, 7) is 0. The van der Waals surface area contributed by atoms with Gasteiger partial charge in [-0.05, 0) is 12.8 Å². The highest BCUT2D eigenvalue weighted by atomic mass is 16.6. The monoisotopic (exact) mass is 224 g/mol. The molecule has 1 saturated carbocycles. The maximum absolute atomic E-state index is 10.7. The lowest BCUT2D eigenvalue weighted by atomic mass is 10.2. The van der Waals surface area contributed by atoms with Crippen molar-refractivity contribution in [3.63, 3.8) is 0 Å². The van der Waals surface area contributed by atoms with Crippen LogP contribution in [0.2, 0.25) is 0 Å². The molecule has 0 heterocycles. The largest absolute Gasteiger partial charge is 0.483 e. The molecule has 84 valence electrons. The molecule has 1 aliphatic rings. The highest BCUT2D eigenvalue weighted by Gasteiger charge is 2.28. The minimum absolute atomic E-state index is 0.0262. The summed E-state index contributed by atoms with van der Waals surface area (Å²) in [5, 5.41) is 21.2. The Balaban J connectivity index is 2.37. The first kappa shape index (κ1) is 10.3. The van der Waals surface area contributed by atoms with Crippen LogP contribution in [0.4, 0.5) is 11.4 Å². The quantitative estimate of drug-likeness (QED) is 0.576. The predicted octanol–water partition coefficient (Wildman–Crippen LogP) is 2.04. The van der Waals surface area contributed by atoms with Gasteiger partial charge in [-0.15, -0.1) is 0 Å². The van der Waals surface area contributed by atoms with Crippen LogP contribution < -0.4 is 4.74 Å². The normalized spacial score (nSPS) is 14.5. The summed E-state index contributed by atoms with van der Waals surface area (Å²) < 4.78 is 5.26. The third kappa shape index (κ3) is 2.08. The van der Waals surface area contributed by atoms with Gasteiger partial charge in [0.05, 0.1) is 22.0 Å². The van der Waals surface area contributed by atoms with Crippen molar-refractivity contribution < 1.29 is 14.6 Å². The Labute approximate surface area is 89.9 Å². The van der Waals surface area contributed by atoms with Gasteiger partial charge in [-0.1, -0.05) is 0 Å². The van der Waals surface area contributed by atoms with Gasteiger partial charge in [-0.3, -0.25) is 20.2 Å². The van der Waals surface area contributed by atoms with Crippen LogP contribution in [-0.4, -0.2) is 16.0 Å². The zero-order chi connectivity index (χ0) is 11.7. The van der Waals surface area contributed by atoms with Crippen molar-refractivity contribution in [2.75, 3.05) is 0 Å². The zero-order valence-corrected chi connectivity index (χ0v) is 8.16. The summed E-state index contributed by atoms with van der Waals surface area (Å²) in [4.78, 5) is 20.0. The number of rotatable bonds is 4. The van der Waals surface area contributed by atoms with E-state index in [1.54, 1.807) is 0 Å². The number of nitro groups is 2. The molecule has 2 rings (SSSR count). The molecule has 7 nitrogen and oxygen atoms in total. The second-order valence-corrected chi connectivity index (χ2v) is 3.48.